The largest absolute Gasteiger partial charge is 0.478 e. The third-order valence-electron chi connectivity index (χ3n) is 1.64. The van der Waals surface area contributed by atoms with Crippen molar-refractivity contribution in [2.24, 2.45) is 10.2 Å². The Hall–Kier alpha value is -2.23. The van der Waals surface area contributed by atoms with Gasteiger partial charge in [-0.2, -0.15) is 10.2 Å². The van der Waals surface area contributed by atoms with Crippen molar-refractivity contribution in [3.05, 3.63) is 54.8 Å². The van der Waals surface area contributed by atoms with Crippen LogP contribution in [0.15, 0.2) is 59.4 Å². The third-order valence-corrected chi connectivity index (χ3v) is 1.64. The lowest BCUT2D eigenvalue weighted by molar-refractivity contribution is 0.0697. The molecule has 0 bridgehead atoms. The molecule has 76 valence electrons. The Bertz CT molecular complexity index is 419. The van der Waals surface area contributed by atoms with Gasteiger partial charge in [-0.25, -0.2) is 4.79 Å². The molecule has 0 amide bonds. The van der Waals surface area contributed by atoms with Crippen LogP contribution in [-0.4, -0.2) is 11.1 Å². The molecule has 0 aromatic heterocycles. The van der Waals surface area contributed by atoms with E-state index in [0.717, 1.165) is 0 Å². The molecule has 0 fully saturated rings. The Morgan fingerprint density at radius 1 is 1.33 bits per heavy atom. The van der Waals surface area contributed by atoms with Gasteiger partial charge in [-0.3, -0.25) is 0 Å². The number of allylic oxidation sites excluding steroid dienone is 1. The lowest BCUT2D eigenvalue weighted by Crippen LogP contribution is -1.93. The quantitative estimate of drug-likeness (QED) is 0.602. The molecular weight excluding hydrogens is 192 g/mol. The second kappa shape index (κ2) is 4.85. The number of carboxylic acids is 1. The fourth-order valence-corrected chi connectivity index (χ4v) is 0.833. The van der Waals surface area contributed by atoms with Crippen molar-refractivity contribution in [1.29, 1.82) is 0 Å². The minimum absolute atomic E-state index is 0.219. The van der Waals surface area contributed by atoms with Gasteiger partial charge in [0.2, 0.25) is 0 Å². The molecule has 0 saturated carbocycles. The van der Waals surface area contributed by atoms with E-state index >= 15 is 0 Å². The summed E-state index contributed by atoms with van der Waals surface area (Å²) in [6.07, 6.45) is 1.48. The van der Waals surface area contributed by atoms with E-state index in [0.29, 0.717) is 11.4 Å². The highest BCUT2D eigenvalue weighted by Crippen LogP contribution is 2.14. The van der Waals surface area contributed by atoms with Gasteiger partial charge in [-0.15, -0.1) is 0 Å². The molecule has 0 spiro atoms. The number of carbonyl (C=O) groups is 1. The monoisotopic (exact) mass is 202 g/mol. The minimum Gasteiger partial charge on any atom is -0.478 e. The van der Waals surface area contributed by atoms with E-state index in [1.165, 1.54) is 18.2 Å². The van der Waals surface area contributed by atoms with E-state index < -0.39 is 5.97 Å². The maximum Gasteiger partial charge on any atom is 0.335 e. The summed E-state index contributed by atoms with van der Waals surface area (Å²) in [6.45, 7) is 7.04. The van der Waals surface area contributed by atoms with Gasteiger partial charge in [0.1, 0.15) is 0 Å². The van der Waals surface area contributed by atoms with Gasteiger partial charge >= 0.3 is 5.97 Å². The molecule has 0 aliphatic rings. The van der Waals surface area contributed by atoms with Crippen LogP contribution in [0.2, 0.25) is 0 Å². The molecule has 1 N–H and O–H groups in total. The van der Waals surface area contributed by atoms with Crippen LogP contribution in [0.5, 0.6) is 0 Å². The highest BCUT2D eigenvalue weighted by atomic mass is 16.4. The molecule has 1 rings (SSSR count). The van der Waals surface area contributed by atoms with Gasteiger partial charge in [-0.1, -0.05) is 13.2 Å². The Balaban J connectivity index is 2.81. The van der Waals surface area contributed by atoms with Gasteiger partial charge in [0.25, 0.3) is 0 Å². The maximum absolute atomic E-state index is 10.5. The van der Waals surface area contributed by atoms with Crippen LogP contribution in [0.3, 0.4) is 0 Å². The molecule has 0 saturated heterocycles. The summed E-state index contributed by atoms with van der Waals surface area (Å²) < 4.78 is 0. The highest BCUT2D eigenvalue weighted by Gasteiger charge is 2.00. The van der Waals surface area contributed by atoms with Crippen LogP contribution in [-0.2, 0) is 0 Å². The van der Waals surface area contributed by atoms with Gasteiger partial charge < -0.3 is 5.11 Å². The standard InChI is InChI=1S/C11H10N2O2/c1-3-8(2)12-13-10-6-4-9(5-7-10)11(14)15/h3-7H,1-2H2,(H,14,15). The summed E-state index contributed by atoms with van der Waals surface area (Å²) in [5.41, 5.74) is 1.25. The van der Waals surface area contributed by atoms with Crippen molar-refractivity contribution in [2.75, 3.05) is 0 Å². The van der Waals surface area contributed by atoms with Crippen molar-refractivity contribution in [3.8, 4) is 0 Å². The maximum atomic E-state index is 10.5. The van der Waals surface area contributed by atoms with E-state index in [4.69, 9.17) is 5.11 Å². The Morgan fingerprint density at radius 3 is 2.40 bits per heavy atom. The number of aromatic carboxylic acids is 1. The SMILES string of the molecule is C=CC(=C)N=Nc1ccc(C(=O)O)cc1. The van der Waals surface area contributed by atoms with Gasteiger partial charge in [0.15, 0.2) is 0 Å². The lowest BCUT2D eigenvalue weighted by Gasteiger charge is -1.94. The predicted molar refractivity (Wildman–Crippen MR) is 57.3 cm³/mol. The zero-order valence-electron chi connectivity index (χ0n) is 8.05. The molecule has 0 unspecified atom stereocenters. The number of rotatable bonds is 4. The molecule has 0 heterocycles. The Kier molecular flexibility index (Phi) is 3.51. The van der Waals surface area contributed by atoms with Crippen molar-refractivity contribution in [2.45, 2.75) is 0 Å². The van der Waals surface area contributed by atoms with Crippen LogP contribution >= 0.6 is 0 Å². The molecule has 0 radical (unpaired) electrons. The first-order chi connectivity index (χ1) is 7.13. The zero-order chi connectivity index (χ0) is 11.3. The molecule has 15 heavy (non-hydrogen) atoms. The average molecular weight is 202 g/mol. The lowest BCUT2D eigenvalue weighted by atomic mass is 10.2. The van der Waals surface area contributed by atoms with Crippen molar-refractivity contribution in [1.82, 2.24) is 0 Å². The third kappa shape index (κ3) is 3.19. The molecule has 0 atom stereocenters. The second-order valence-corrected chi connectivity index (χ2v) is 2.75. The first-order valence-corrected chi connectivity index (χ1v) is 4.20. The molecule has 0 aliphatic carbocycles. The van der Waals surface area contributed by atoms with Gasteiger partial charge in [-0.05, 0) is 30.3 Å². The summed E-state index contributed by atoms with van der Waals surface area (Å²) >= 11 is 0. The molecule has 1 aromatic rings. The first kappa shape index (κ1) is 10.8. The number of hydrogen-bond donors (Lipinski definition) is 1. The van der Waals surface area contributed by atoms with Crippen LogP contribution in [0.4, 0.5) is 5.69 Å². The number of carboxylic acid groups (broad SMARTS) is 1. The van der Waals surface area contributed by atoms with Crippen LogP contribution in [0.25, 0.3) is 0 Å². The fraction of sp³-hybridized carbons (Fsp3) is 0. The van der Waals surface area contributed by atoms with Crippen LogP contribution in [0.1, 0.15) is 10.4 Å². The molecule has 0 aliphatic heterocycles. The summed E-state index contributed by atoms with van der Waals surface area (Å²) in [7, 11) is 0. The average Bonchev–Trinajstić information content (AvgIpc) is 2.26. The smallest absolute Gasteiger partial charge is 0.335 e. The summed E-state index contributed by atoms with van der Waals surface area (Å²) in [6, 6.07) is 6.08. The molecule has 1 aromatic carbocycles. The van der Waals surface area contributed by atoms with E-state index in [9.17, 15) is 4.79 Å². The van der Waals surface area contributed by atoms with Crippen LogP contribution < -0.4 is 0 Å². The summed E-state index contributed by atoms with van der Waals surface area (Å²) in [4.78, 5) is 10.5. The molecule has 4 nitrogen and oxygen atoms in total. The van der Waals surface area contributed by atoms with E-state index in [1.54, 1.807) is 12.1 Å². The Labute approximate surface area is 87.3 Å². The predicted octanol–water partition coefficient (Wildman–Crippen LogP) is 3.17. The highest BCUT2D eigenvalue weighted by molar-refractivity contribution is 5.87. The van der Waals surface area contributed by atoms with Gasteiger partial charge in [0.05, 0.1) is 16.9 Å². The fourth-order valence-electron chi connectivity index (χ4n) is 0.833. The topological polar surface area (TPSA) is 62.0 Å². The van der Waals surface area contributed by atoms with Crippen LogP contribution in [0, 0.1) is 0 Å². The Morgan fingerprint density at radius 2 is 1.93 bits per heavy atom. The second-order valence-electron chi connectivity index (χ2n) is 2.75. The molecule has 4 heteroatoms. The van der Waals surface area contributed by atoms with E-state index in [-0.39, 0.29) is 5.56 Å². The van der Waals surface area contributed by atoms with E-state index in [1.807, 2.05) is 0 Å². The summed E-state index contributed by atoms with van der Waals surface area (Å²) in [5.74, 6) is -0.964. The summed E-state index contributed by atoms with van der Waals surface area (Å²) in [5, 5.41) is 16.2. The molecular formula is C11H10N2O2. The van der Waals surface area contributed by atoms with Gasteiger partial charge in [0, 0.05) is 0 Å². The number of nitrogens with zero attached hydrogens (tertiary/aromatic N) is 2. The van der Waals surface area contributed by atoms with Crippen molar-refractivity contribution in [3.63, 3.8) is 0 Å². The minimum atomic E-state index is -0.964. The first-order valence-electron chi connectivity index (χ1n) is 4.20. The number of benzene rings is 1. The van der Waals surface area contributed by atoms with Crippen molar-refractivity contribution >= 4 is 11.7 Å². The zero-order valence-corrected chi connectivity index (χ0v) is 8.05. The normalized spacial score (nSPS) is 10.1. The van der Waals surface area contributed by atoms with E-state index in [2.05, 4.69) is 23.4 Å². The number of hydrogen-bond acceptors (Lipinski definition) is 3. The number of azo groups is 1. The van der Waals surface area contributed by atoms with Crippen molar-refractivity contribution < 1.29 is 9.90 Å².